The molecule has 0 atom stereocenters. The van der Waals surface area contributed by atoms with Crippen molar-refractivity contribution in [2.75, 3.05) is 0 Å². The first-order chi connectivity index (χ1) is 18.1. The molecule has 186 valence electrons. The van der Waals surface area contributed by atoms with Crippen LogP contribution in [0.15, 0.2) is 84.9 Å². The highest BCUT2D eigenvalue weighted by molar-refractivity contribution is 6.09. The molecule has 0 amide bonds. The second-order valence-electron chi connectivity index (χ2n) is 9.62. The third-order valence-electron chi connectivity index (χ3n) is 6.87. The molecule has 1 aromatic heterocycles. The summed E-state index contributed by atoms with van der Waals surface area (Å²) in [5, 5.41) is 21.6. The molecular formula is C34H33NO2. The van der Waals surface area contributed by atoms with E-state index in [0.29, 0.717) is 0 Å². The SMILES string of the molecule is CCCCCCn1c2ccc(C=Cc3ccc(O)cc3)cc2c2cc(C=Cc3ccc(O)cc3)ccc21. The number of fused-ring (bicyclic) bond motifs is 3. The van der Waals surface area contributed by atoms with Gasteiger partial charge in [-0.05, 0) is 77.2 Å². The summed E-state index contributed by atoms with van der Waals surface area (Å²) in [5.74, 6) is 0.557. The smallest absolute Gasteiger partial charge is 0.115 e. The molecular weight excluding hydrogens is 454 g/mol. The van der Waals surface area contributed by atoms with Crippen molar-refractivity contribution >= 4 is 46.1 Å². The van der Waals surface area contributed by atoms with E-state index in [1.165, 1.54) is 47.5 Å². The van der Waals surface area contributed by atoms with Crippen molar-refractivity contribution in [3.63, 3.8) is 0 Å². The number of nitrogens with zero attached hydrogens (tertiary/aromatic N) is 1. The van der Waals surface area contributed by atoms with Crippen LogP contribution in [0.5, 0.6) is 11.5 Å². The van der Waals surface area contributed by atoms with Crippen LogP contribution in [0, 0.1) is 0 Å². The van der Waals surface area contributed by atoms with E-state index in [9.17, 15) is 10.2 Å². The lowest BCUT2D eigenvalue weighted by Gasteiger charge is -2.07. The Labute approximate surface area is 218 Å². The number of hydrogen-bond acceptors (Lipinski definition) is 2. The van der Waals surface area contributed by atoms with Gasteiger partial charge in [-0.2, -0.15) is 0 Å². The highest BCUT2D eigenvalue weighted by Gasteiger charge is 2.11. The minimum atomic E-state index is 0.278. The molecule has 5 rings (SSSR count). The maximum Gasteiger partial charge on any atom is 0.115 e. The minimum Gasteiger partial charge on any atom is -0.508 e. The van der Waals surface area contributed by atoms with E-state index >= 15 is 0 Å². The molecule has 37 heavy (non-hydrogen) atoms. The van der Waals surface area contributed by atoms with Gasteiger partial charge in [-0.1, -0.05) is 86.9 Å². The summed E-state index contributed by atoms with van der Waals surface area (Å²) in [6.45, 7) is 3.27. The Morgan fingerprint density at radius 1 is 0.541 bits per heavy atom. The van der Waals surface area contributed by atoms with E-state index in [1.54, 1.807) is 24.3 Å². The lowest BCUT2D eigenvalue weighted by molar-refractivity contribution is 0.474. The molecule has 0 aliphatic carbocycles. The van der Waals surface area contributed by atoms with Crippen LogP contribution in [0.2, 0.25) is 0 Å². The molecule has 0 aliphatic rings. The highest BCUT2D eigenvalue weighted by atomic mass is 16.3. The van der Waals surface area contributed by atoms with Crippen molar-refractivity contribution in [3.05, 3.63) is 107 Å². The number of phenolic OH excluding ortho intramolecular Hbond substituents is 2. The van der Waals surface area contributed by atoms with Crippen LogP contribution < -0.4 is 0 Å². The maximum absolute atomic E-state index is 9.55. The molecule has 5 aromatic rings. The first kappa shape index (κ1) is 24.5. The molecule has 4 aromatic carbocycles. The predicted molar refractivity (Wildman–Crippen MR) is 158 cm³/mol. The number of rotatable bonds is 9. The van der Waals surface area contributed by atoms with E-state index in [4.69, 9.17) is 0 Å². The number of benzene rings is 4. The summed E-state index contributed by atoms with van der Waals surface area (Å²) in [6, 6.07) is 27.9. The monoisotopic (exact) mass is 487 g/mol. The van der Waals surface area contributed by atoms with Crippen molar-refractivity contribution in [2.45, 2.75) is 39.2 Å². The van der Waals surface area contributed by atoms with Gasteiger partial charge in [0.05, 0.1) is 0 Å². The Balaban J connectivity index is 1.53. The lowest BCUT2D eigenvalue weighted by atomic mass is 10.1. The second kappa shape index (κ2) is 11.2. The molecule has 3 nitrogen and oxygen atoms in total. The Kier molecular flexibility index (Phi) is 7.41. The maximum atomic E-state index is 9.55. The first-order valence-electron chi connectivity index (χ1n) is 13.1. The van der Waals surface area contributed by atoms with Gasteiger partial charge in [0.15, 0.2) is 0 Å². The molecule has 1 heterocycles. The molecule has 2 N–H and O–H groups in total. The topological polar surface area (TPSA) is 45.4 Å². The number of hydrogen-bond donors (Lipinski definition) is 2. The van der Waals surface area contributed by atoms with Crippen molar-refractivity contribution in [1.82, 2.24) is 4.57 Å². The molecule has 0 saturated heterocycles. The molecule has 0 aliphatic heterocycles. The van der Waals surface area contributed by atoms with Crippen LogP contribution in [-0.4, -0.2) is 14.8 Å². The van der Waals surface area contributed by atoms with E-state index in [1.807, 2.05) is 24.3 Å². The summed E-state index contributed by atoms with van der Waals surface area (Å²) in [7, 11) is 0. The van der Waals surface area contributed by atoms with E-state index < -0.39 is 0 Å². The third kappa shape index (κ3) is 5.78. The fourth-order valence-electron chi connectivity index (χ4n) is 4.84. The van der Waals surface area contributed by atoms with Crippen LogP contribution in [0.3, 0.4) is 0 Å². The van der Waals surface area contributed by atoms with E-state index in [-0.39, 0.29) is 11.5 Å². The summed E-state index contributed by atoms with van der Waals surface area (Å²) in [6.07, 6.45) is 13.4. The van der Waals surface area contributed by atoms with Gasteiger partial charge in [0, 0.05) is 28.4 Å². The normalized spacial score (nSPS) is 11.9. The van der Waals surface area contributed by atoms with Gasteiger partial charge in [-0.15, -0.1) is 0 Å². The fraction of sp³-hybridized carbons (Fsp3) is 0.176. The Morgan fingerprint density at radius 2 is 0.973 bits per heavy atom. The van der Waals surface area contributed by atoms with Crippen LogP contribution in [0.4, 0.5) is 0 Å². The van der Waals surface area contributed by atoms with Gasteiger partial charge in [-0.25, -0.2) is 0 Å². The van der Waals surface area contributed by atoms with Crippen LogP contribution >= 0.6 is 0 Å². The van der Waals surface area contributed by atoms with Crippen molar-refractivity contribution in [3.8, 4) is 11.5 Å². The minimum absolute atomic E-state index is 0.278. The van der Waals surface area contributed by atoms with Crippen molar-refractivity contribution < 1.29 is 10.2 Å². The second-order valence-corrected chi connectivity index (χ2v) is 9.62. The van der Waals surface area contributed by atoms with Gasteiger partial charge in [-0.3, -0.25) is 0 Å². The average Bonchev–Trinajstić information content (AvgIpc) is 3.22. The largest absolute Gasteiger partial charge is 0.508 e. The van der Waals surface area contributed by atoms with Gasteiger partial charge in [0.2, 0.25) is 0 Å². The van der Waals surface area contributed by atoms with Crippen LogP contribution in [0.25, 0.3) is 46.1 Å². The zero-order chi connectivity index (χ0) is 25.6. The summed E-state index contributed by atoms with van der Waals surface area (Å²) >= 11 is 0. The van der Waals surface area contributed by atoms with Gasteiger partial charge in [0.1, 0.15) is 11.5 Å². The molecule has 0 fully saturated rings. The number of unbranched alkanes of at least 4 members (excludes halogenated alkanes) is 3. The molecule has 0 spiro atoms. The van der Waals surface area contributed by atoms with Crippen molar-refractivity contribution in [2.24, 2.45) is 0 Å². The van der Waals surface area contributed by atoms with Crippen molar-refractivity contribution in [1.29, 1.82) is 0 Å². The zero-order valence-corrected chi connectivity index (χ0v) is 21.3. The van der Waals surface area contributed by atoms with Gasteiger partial charge >= 0.3 is 0 Å². The molecule has 0 saturated carbocycles. The van der Waals surface area contributed by atoms with Crippen LogP contribution in [-0.2, 0) is 6.54 Å². The van der Waals surface area contributed by atoms with Crippen LogP contribution in [0.1, 0.15) is 54.9 Å². The summed E-state index contributed by atoms with van der Waals surface area (Å²) in [4.78, 5) is 0. The Morgan fingerprint density at radius 3 is 1.43 bits per heavy atom. The molecule has 0 bridgehead atoms. The summed E-state index contributed by atoms with van der Waals surface area (Å²) in [5.41, 5.74) is 6.95. The Bertz CT molecular complexity index is 1440. The molecule has 3 heteroatoms. The summed E-state index contributed by atoms with van der Waals surface area (Å²) < 4.78 is 2.47. The molecule has 0 unspecified atom stereocenters. The predicted octanol–water partition coefficient (Wildman–Crippen LogP) is 9.13. The zero-order valence-electron chi connectivity index (χ0n) is 21.3. The van der Waals surface area contributed by atoms with E-state index in [0.717, 1.165) is 28.8 Å². The third-order valence-corrected chi connectivity index (χ3v) is 6.87. The highest BCUT2D eigenvalue weighted by Crippen LogP contribution is 2.32. The van der Waals surface area contributed by atoms with E-state index in [2.05, 4.69) is 72.2 Å². The first-order valence-corrected chi connectivity index (χ1v) is 13.1. The Hall–Kier alpha value is -4.24. The van der Waals surface area contributed by atoms with Gasteiger partial charge in [0.25, 0.3) is 0 Å². The lowest BCUT2D eigenvalue weighted by Crippen LogP contribution is -1.97. The number of aromatic nitrogens is 1. The quantitative estimate of drug-likeness (QED) is 0.161. The molecule has 0 radical (unpaired) electrons. The van der Waals surface area contributed by atoms with Gasteiger partial charge < -0.3 is 14.8 Å². The fourth-order valence-corrected chi connectivity index (χ4v) is 4.84. The average molecular weight is 488 g/mol. The number of phenols is 2. The number of aryl methyl sites for hydroxylation is 1. The standard InChI is InChI=1S/C34H33NO2/c1-2-3-4-5-22-35-33-20-14-27(8-6-25-10-16-29(36)17-11-25)23-31(33)32-24-28(15-21-34(32)35)9-7-26-12-18-30(37)19-13-26/h6-21,23-24,36-37H,2-5,22H2,1H3. The number of aromatic hydroxyl groups is 2.